The number of rotatable bonds is 4. The predicted octanol–water partition coefficient (Wildman–Crippen LogP) is 1.53. The van der Waals surface area contributed by atoms with Gasteiger partial charge in [-0.15, -0.1) is 0 Å². The topological polar surface area (TPSA) is 53.7 Å². The van der Waals surface area contributed by atoms with Crippen LogP contribution in [0.1, 0.15) is 17.9 Å². The Hall–Kier alpha value is -1.42. The van der Waals surface area contributed by atoms with E-state index in [4.69, 9.17) is 19.9 Å². The van der Waals surface area contributed by atoms with Crippen LogP contribution in [0.4, 0.5) is 0 Å². The van der Waals surface area contributed by atoms with E-state index in [2.05, 4.69) is 0 Å². The molecule has 4 heteroatoms. The van der Waals surface area contributed by atoms with Crippen LogP contribution in [0, 0.1) is 0 Å². The summed E-state index contributed by atoms with van der Waals surface area (Å²) in [5.41, 5.74) is 6.93. The average Bonchev–Trinajstić information content (AvgIpc) is 3.03. The van der Waals surface area contributed by atoms with Gasteiger partial charge in [0.25, 0.3) is 0 Å². The summed E-state index contributed by atoms with van der Waals surface area (Å²) in [4.78, 5) is 0. The van der Waals surface area contributed by atoms with Gasteiger partial charge in [0.05, 0.1) is 21.3 Å². The zero-order valence-corrected chi connectivity index (χ0v) is 9.82. The second kappa shape index (κ2) is 4.22. The van der Waals surface area contributed by atoms with Gasteiger partial charge in [-0.2, -0.15) is 0 Å². The van der Waals surface area contributed by atoms with Crippen LogP contribution < -0.4 is 19.9 Å². The van der Waals surface area contributed by atoms with Crippen LogP contribution in [-0.2, 0) is 0 Å². The lowest BCUT2D eigenvalue weighted by Gasteiger charge is -2.14. The molecule has 1 aliphatic rings. The van der Waals surface area contributed by atoms with Crippen LogP contribution in [0.3, 0.4) is 0 Å². The molecule has 0 aliphatic heterocycles. The van der Waals surface area contributed by atoms with E-state index in [0.29, 0.717) is 5.92 Å². The fourth-order valence-electron chi connectivity index (χ4n) is 1.94. The van der Waals surface area contributed by atoms with Crippen LogP contribution in [0.15, 0.2) is 12.1 Å². The number of hydrogen-bond acceptors (Lipinski definition) is 4. The monoisotopic (exact) mass is 223 g/mol. The molecule has 0 spiro atoms. The lowest BCUT2D eigenvalue weighted by Crippen LogP contribution is -2.04. The minimum Gasteiger partial charge on any atom is -0.496 e. The molecule has 0 saturated heterocycles. The first-order valence-corrected chi connectivity index (χ1v) is 5.26. The van der Waals surface area contributed by atoms with Gasteiger partial charge < -0.3 is 19.9 Å². The molecule has 1 saturated carbocycles. The molecule has 1 fully saturated rings. The number of methoxy groups -OCH3 is 3. The van der Waals surface area contributed by atoms with Crippen molar-refractivity contribution in [1.29, 1.82) is 0 Å². The van der Waals surface area contributed by atoms with Crippen LogP contribution in [0.2, 0.25) is 0 Å². The standard InChI is InChI=1S/C12H17NO3/c1-14-7-4-10(15-2)12(8-6-9(8)13)11(5-7)16-3/h4-5,8-9H,6,13H2,1-3H3. The Labute approximate surface area is 95.3 Å². The van der Waals surface area contributed by atoms with Crippen molar-refractivity contribution in [2.24, 2.45) is 5.73 Å². The minimum absolute atomic E-state index is 0.219. The molecule has 0 heterocycles. The van der Waals surface area contributed by atoms with Gasteiger partial charge in [-0.05, 0) is 6.42 Å². The van der Waals surface area contributed by atoms with E-state index >= 15 is 0 Å². The van der Waals surface area contributed by atoms with Crippen molar-refractivity contribution in [3.8, 4) is 17.2 Å². The van der Waals surface area contributed by atoms with Crippen molar-refractivity contribution >= 4 is 0 Å². The maximum Gasteiger partial charge on any atom is 0.129 e. The highest BCUT2D eigenvalue weighted by Gasteiger charge is 2.39. The van der Waals surface area contributed by atoms with Gasteiger partial charge >= 0.3 is 0 Å². The lowest BCUT2D eigenvalue weighted by atomic mass is 10.1. The molecular weight excluding hydrogens is 206 g/mol. The Morgan fingerprint density at radius 3 is 1.88 bits per heavy atom. The van der Waals surface area contributed by atoms with Gasteiger partial charge in [0.2, 0.25) is 0 Å². The highest BCUT2D eigenvalue weighted by molar-refractivity contribution is 5.54. The maximum absolute atomic E-state index is 5.87. The second-order valence-corrected chi connectivity index (χ2v) is 3.95. The molecule has 4 nitrogen and oxygen atoms in total. The molecule has 0 radical (unpaired) electrons. The van der Waals surface area contributed by atoms with Crippen LogP contribution in [0.25, 0.3) is 0 Å². The Morgan fingerprint density at radius 2 is 1.56 bits per heavy atom. The van der Waals surface area contributed by atoms with Crippen molar-refractivity contribution in [1.82, 2.24) is 0 Å². The highest BCUT2D eigenvalue weighted by Crippen LogP contribution is 2.49. The number of hydrogen-bond donors (Lipinski definition) is 1. The van der Waals surface area contributed by atoms with Crippen molar-refractivity contribution in [2.75, 3.05) is 21.3 Å². The van der Waals surface area contributed by atoms with Crippen molar-refractivity contribution < 1.29 is 14.2 Å². The van der Waals surface area contributed by atoms with Crippen LogP contribution in [-0.4, -0.2) is 27.4 Å². The van der Waals surface area contributed by atoms with Gasteiger partial charge in [0.1, 0.15) is 17.2 Å². The average molecular weight is 223 g/mol. The summed E-state index contributed by atoms with van der Waals surface area (Å²) >= 11 is 0. The molecule has 1 aromatic carbocycles. The summed E-state index contributed by atoms with van der Waals surface area (Å²) in [5.74, 6) is 2.64. The minimum atomic E-state index is 0.219. The van der Waals surface area contributed by atoms with E-state index in [9.17, 15) is 0 Å². The molecule has 88 valence electrons. The molecule has 0 aromatic heterocycles. The zero-order chi connectivity index (χ0) is 11.7. The number of ether oxygens (including phenoxy) is 3. The number of nitrogens with two attached hydrogens (primary N) is 1. The van der Waals surface area contributed by atoms with E-state index in [0.717, 1.165) is 29.2 Å². The largest absolute Gasteiger partial charge is 0.496 e. The van der Waals surface area contributed by atoms with E-state index < -0.39 is 0 Å². The third-order valence-corrected chi connectivity index (χ3v) is 2.96. The van der Waals surface area contributed by atoms with E-state index in [1.165, 1.54) is 0 Å². The second-order valence-electron chi connectivity index (χ2n) is 3.95. The summed E-state index contributed by atoms with van der Waals surface area (Å²) in [6.07, 6.45) is 0.985. The molecule has 16 heavy (non-hydrogen) atoms. The van der Waals surface area contributed by atoms with Gasteiger partial charge in [-0.3, -0.25) is 0 Å². The predicted molar refractivity (Wildman–Crippen MR) is 61.4 cm³/mol. The first-order chi connectivity index (χ1) is 7.71. The normalized spacial score (nSPS) is 22.8. The van der Waals surface area contributed by atoms with E-state index in [-0.39, 0.29) is 6.04 Å². The molecule has 2 N–H and O–H groups in total. The van der Waals surface area contributed by atoms with Gasteiger partial charge in [0.15, 0.2) is 0 Å². The smallest absolute Gasteiger partial charge is 0.129 e. The Morgan fingerprint density at radius 1 is 1.06 bits per heavy atom. The lowest BCUT2D eigenvalue weighted by molar-refractivity contribution is 0.368. The van der Waals surface area contributed by atoms with Gasteiger partial charge in [-0.25, -0.2) is 0 Å². The fourth-order valence-corrected chi connectivity index (χ4v) is 1.94. The zero-order valence-electron chi connectivity index (χ0n) is 9.82. The van der Waals surface area contributed by atoms with Crippen LogP contribution >= 0.6 is 0 Å². The van der Waals surface area contributed by atoms with E-state index in [1.54, 1.807) is 21.3 Å². The van der Waals surface area contributed by atoms with Crippen molar-refractivity contribution in [2.45, 2.75) is 18.4 Å². The molecule has 2 unspecified atom stereocenters. The van der Waals surface area contributed by atoms with E-state index in [1.807, 2.05) is 12.1 Å². The summed E-state index contributed by atoms with van der Waals surface area (Å²) in [6, 6.07) is 3.95. The first-order valence-electron chi connectivity index (χ1n) is 5.26. The Balaban J connectivity index is 2.46. The van der Waals surface area contributed by atoms with Crippen molar-refractivity contribution in [3.05, 3.63) is 17.7 Å². The van der Waals surface area contributed by atoms with Gasteiger partial charge in [-0.1, -0.05) is 0 Å². The summed E-state index contributed by atoms with van der Waals surface area (Å²) in [7, 11) is 4.91. The third kappa shape index (κ3) is 1.80. The number of benzene rings is 1. The summed E-state index contributed by atoms with van der Waals surface area (Å²) in [5, 5.41) is 0. The first kappa shape index (κ1) is 11.1. The molecular formula is C12H17NO3. The van der Waals surface area contributed by atoms with Gasteiger partial charge in [0, 0.05) is 29.7 Å². The summed E-state index contributed by atoms with van der Waals surface area (Å²) in [6.45, 7) is 0. The van der Waals surface area contributed by atoms with Crippen LogP contribution in [0.5, 0.6) is 17.2 Å². The SMILES string of the molecule is COc1cc(OC)c(C2CC2N)c(OC)c1. The highest BCUT2D eigenvalue weighted by atomic mass is 16.5. The Bertz CT molecular complexity index is 367. The molecule has 2 atom stereocenters. The molecule has 0 amide bonds. The molecule has 0 bridgehead atoms. The maximum atomic E-state index is 5.87. The third-order valence-electron chi connectivity index (χ3n) is 2.96. The van der Waals surface area contributed by atoms with Crippen molar-refractivity contribution in [3.63, 3.8) is 0 Å². The Kier molecular flexibility index (Phi) is 2.92. The molecule has 2 rings (SSSR count). The molecule has 1 aromatic rings. The quantitative estimate of drug-likeness (QED) is 0.841. The molecule has 1 aliphatic carbocycles. The summed E-state index contributed by atoms with van der Waals surface area (Å²) < 4.78 is 15.9. The fraction of sp³-hybridized carbons (Fsp3) is 0.500.